The molecule has 0 amide bonds. The van der Waals surface area contributed by atoms with Crippen LogP contribution in [0.2, 0.25) is 0 Å². The predicted molar refractivity (Wildman–Crippen MR) is 86.4 cm³/mol. The van der Waals surface area contributed by atoms with E-state index in [1.54, 1.807) is 16.7 Å². The Morgan fingerprint density at radius 3 is 2.78 bits per heavy atom. The quantitative estimate of drug-likeness (QED) is 0.786. The number of ether oxygens (including phenoxy) is 2. The van der Waals surface area contributed by atoms with E-state index >= 15 is 0 Å². The summed E-state index contributed by atoms with van der Waals surface area (Å²) in [6.07, 6.45) is 4.84. The molecule has 6 nitrogen and oxygen atoms in total. The molecule has 2 fully saturated rings. The second-order valence-electron chi connectivity index (χ2n) is 6.93. The summed E-state index contributed by atoms with van der Waals surface area (Å²) in [4.78, 5) is 4.07. The molecule has 7 heteroatoms. The Morgan fingerprint density at radius 2 is 2.17 bits per heavy atom. The fourth-order valence-corrected chi connectivity index (χ4v) is 4.69. The van der Waals surface area contributed by atoms with Gasteiger partial charge in [-0.25, -0.2) is 8.42 Å². The summed E-state index contributed by atoms with van der Waals surface area (Å²) in [6, 6.07) is 3.84. The molecule has 0 bridgehead atoms. The van der Waals surface area contributed by atoms with Gasteiger partial charge in [0.15, 0.2) is 0 Å². The van der Waals surface area contributed by atoms with Crippen molar-refractivity contribution in [2.75, 3.05) is 19.0 Å². The molecule has 1 saturated carbocycles. The molecule has 0 N–H and O–H groups in total. The standard InChI is InChI=1S/C16H24N2O4S/c1-16(2)12-21-10-15(22-16)11-23(19,20)18(14-5-6-14)9-13-4-3-7-17-8-13/h3-4,7-8,14-15H,5-6,9-12H2,1-2H3. The van der Waals surface area contributed by atoms with Crippen LogP contribution in [0.4, 0.5) is 0 Å². The van der Waals surface area contributed by atoms with Gasteiger partial charge >= 0.3 is 0 Å². The van der Waals surface area contributed by atoms with E-state index in [0.717, 1.165) is 18.4 Å². The van der Waals surface area contributed by atoms with Crippen LogP contribution in [0.5, 0.6) is 0 Å². The number of hydrogen-bond acceptors (Lipinski definition) is 5. The Kier molecular flexibility index (Phi) is 4.73. The lowest BCUT2D eigenvalue weighted by atomic mass is 10.1. The fourth-order valence-electron chi connectivity index (χ4n) is 2.86. The molecule has 1 saturated heterocycles. The van der Waals surface area contributed by atoms with Crippen LogP contribution >= 0.6 is 0 Å². The largest absolute Gasteiger partial charge is 0.376 e. The molecule has 1 atom stereocenters. The first-order valence-electron chi connectivity index (χ1n) is 8.00. The Morgan fingerprint density at radius 1 is 1.39 bits per heavy atom. The number of rotatable bonds is 6. The molecule has 2 heterocycles. The third kappa shape index (κ3) is 4.50. The van der Waals surface area contributed by atoms with E-state index in [-0.39, 0.29) is 11.8 Å². The SMILES string of the molecule is CC1(C)COCC(CS(=O)(=O)N(Cc2cccnc2)C2CC2)O1. The number of sulfonamides is 1. The lowest BCUT2D eigenvalue weighted by Crippen LogP contribution is -2.48. The smallest absolute Gasteiger partial charge is 0.217 e. The van der Waals surface area contributed by atoms with Crippen LogP contribution in [0, 0.1) is 0 Å². The van der Waals surface area contributed by atoms with Crippen LogP contribution in [0.1, 0.15) is 32.3 Å². The zero-order chi connectivity index (χ0) is 16.5. The van der Waals surface area contributed by atoms with Crippen molar-refractivity contribution in [1.29, 1.82) is 0 Å². The molecule has 1 aliphatic carbocycles. The highest BCUT2D eigenvalue weighted by Crippen LogP contribution is 2.32. The van der Waals surface area contributed by atoms with Crippen molar-refractivity contribution in [1.82, 2.24) is 9.29 Å². The lowest BCUT2D eigenvalue weighted by molar-refractivity contribution is -0.174. The van der Waals surface area contributed by atoms with Crippen molar-refractivity contribution >= 4 is 10.0 Å². The van der Waals surface area contributed by atoms with E-state index in [1.165, 1.54) is 0 Å². The van der Waals surface area contributed by atoms with Gasteiger partial charge in [-0.3, -0.25) is 4.98 Å². The molecule has 0 aromatic carbocycles. The van der Waals surface area contributed by atoms with Crippen molar-refractivity contribution in [3.05, 3.63) is 30.1 Å². The summed E-state index contributed by atoms with van der Waals surface area (Å²) < 4.78 is 38.7. The van der Waals surface area contributed by atoms with Gasteiger partial charge < -0.3 is 9.47 Å². The van der Waals surface area contributed by atoms with Gasteiger partial charge in [-0.1, -0.05) is 6.07 Å². The zero-order valence-corrected chi connectivity index (χ0v) is 14.5. The van der Waals surface area contributed by atoms with Gasteiger partial charge in [0.05, 0.1) is 30.7 Å². The van der Waals surface area contributed by atoms with Gasteiger partial charge in [0.1, 0.15) is 0 Å². The summed E-state index contributed by atoms with van der Waals surface area (Å²) in [5, 5.41) is 0. The summed E-state index contributed by atoms with van der Waals surface area (Å²) >= 11 is 0. The molecule has 1 aliphatic heterocycles. The van der Waals surface area contributed by atoms with Crippen LogP contribution in [0.25, 0.3) is 0 Å². The topological polar surface area (TPSA) is 68.7 Å². The third-order valence-electron chi connectivity index (χ3n) is 4.01. The van der Waals surface area contributed by atoms with Gasteiger partial charge in [0.25, 0.3) is 0 Å². The maximum absolute atomic E-state index is 12.9. The van der Waals surface area contributed by atoms with E-state index in [4.69, 9.17) is 9.47 Å². The first-order valence-corrected chi connectivity index (χ1v) is 9.61. The van der Waals surface area contributed by atoms with Crippen molar-refractivity contribution < 1.29 is 17.9 Å². The van der Waals surface area contributed by atoms with Gasteiger partial charge in [-0.2, -0.15) is 4.31 Å². The second-order valence-corrected chi connectivity index (χ2v) is 8.90. The Labute approximate surface area is 137 Å². The maximum Gasteiger partial charge on any atom is 0.217 e. The van der Waals surface area contributed by atoms with Crippen molar-refractivity contribution in [2.24, 2.45) is 0 Å². The highest BCUT2D eigenvalue weighted by molar-refractivity contribution is 7.89. The molecular weight excluding hydrogens is 316 g/mol. The molecule has 128 valence electrons. The average Bonchev–Trinajstić information content (AvgIpc) is 3.28. The molecule has 1 aromatic rings. The molecule has 0 spiro atoms. The molecule has 1 aromatic heterocycles. The van der Waals surface area contributed by atoms with Crippen LogP contribution in [-0.2, 0) is 26.0 Å². The second kappa shape index (κ2) is 6.47. The van der Waals surface area contributed by atoms with E-state index in [9.17, 15) is 8.42 Å². The van der Waals surface area contributed by atoms with E-state index in [1.807, 2.05) is 26.0 Å². The minimum atomic E-state index is -3.41. The number of hydrogen-bond donors (Lipinski definition) is 0. The van der Waals surface area contributed by atoms with Crippen LogP contribution in [0.3, 0.4) is 0 Å². The first-order chi connectivity index (χ1) is 10.9. The number of aromatic nitrogens is 1. The predicted octanol–water partition coefficient (Wildman–Crippen LogP) is 1.57. The Hall–Kier alpha value is -1.02. The van der Waals surface area contributed by atoms with Gasteiger partial charge in [0.2, 0.25) is 10.0 Å². The minimum Gasteiger partial charge on any atom is -0.376 e. The molecule has 23 heavy (non-hydrogen) atoms. The molecule has 0 radical (unpaired) electrons. The van der Waals surface area contributed by atoms with Gasteiger partial charge in [-0.05, 0) is 38.3 Å². The summed E-state index contributed by atoms with van der Waals surface area (Å²) in [7, 11) is -3.41. The average molecular weight is 340 g/mol. The Balaban J connectivity index is 1.70. The van der Waals surface area contributed by atoms with E-state index in [2.05, 4.69) is 4.98 Å². The molecule has 3 rings (SSSR count). The van der Waals surface area contributed by atoms with Crippen LogP contribution in [0.15, 0.2) is 24.5 Å². The third-order valence-corrected chi connectivity index (χ3v) is 5.94. The van der Waals surface area contributed by atoms with Crippen molar-refractivity contribution in [3.63, 3.8) is 0 Å². The van der Waals surface area contributed by atoms with E-state index in [0.29, 0.717) is 19.8 Å². The van der Waals surface area contributed by atoms with Gasteiger partial charge in [0, 0.05) is 25.0 Å². The van der Waals surface area contributed by atoms with Crippen molar-refractivity contribution in [2.45, 2.75) is 51.0 Å². The highest BCUT2D eigenvalue weighted by Gasteiger charge is 2.40. The fraction of sp³-hybridized carbons (Fsp3) is 0.688. The summed E-state index contributed by atoms with van der Waals surface area (Å²) in [6.45, 7) is 5.03. The van der Waals surface area contributed by atoms with Gasteiger partial charge in [-0.15, -0.1) is 0 Å². The first kappa shape index (κ1) is 16.8. The number of nitrogens with zero attached hydrogens (tertiary/aromatic N) is 2. The lowest BCUT2D eigenvalue weighted by Gasteiger charge is -2.36. The van der Waals surface area contributed by atoms with Crippen LogP contribution < -0.4 is 0 Å². The number of pyridine rings is 1. The molecule has 2 aliphatic rings. The minimum absolute atomic E-state index is 0.0345. The van der Waals surface area contributed by atoms with E-state index < -0.39 is 21.7 Å². The van der Waals surface area contributed by atoms with Crippen LogP contribution in [-0.4, -0.2) is 54.4 Å². The summed E-state index contributed by atoms with van der Waals surface area (Å²) in [5.74, 6) is -0.0345. The zero-order valence-electron chi connectivity index (χ0n) is 13.6. The Bertz CT molecular complexity index is 629. The van der Waals surface area contributed by atoms with Crippen molar-refractivity contribution in [3.8, 4) is 0 Å². The monoisotopic (exact) mass is 340 g/mol. The summed E-state index contributed by atoms with van der Waals surface area (Å²) in [5.41, 5.74) is 0.468. The molecular formula is C16H24N2O4S. The molecule has 1 unspecified atom stereocenters. The maximum atomic E-state index is 12.9. The normalized spacial score (nSPS) is 24.7. The highest BCUT2D eigenvalue weighted by atomic mass is 32.2.